The topological polar surface area (TPSA) is 41.5 Å². The molecule has 2 aliphatic rings. The van der Waals surface area contributed by atoms with Crippen molar-refractivity contribution in [2.24, 2.45) is 0 Å². The quantitative estimate of drug-likeness (QED) is 0.830. The molecule has 2 fully saturated rings. The smallest absolute Gasteiger partial charge is 0.134 e. The van der Waals surface area contributed by atoms with Crippen LogP contribution in [0.3, 0.4) is 0 Å². The standard InChI is InChI=1S/C13H20N4OS/c1-16(2)11-4-12(15-9-14-11)17-7-13(8-17)5-10(18-3)6-19-13/h4,9-10H,5-8H2,1-3H3. The van der Waals surface area contributed by atoms with Crippen molar-refractivity contribution in [2.75, 3.05) is 49.8 Å². The van der Waals surface area contributed by atoms with E-state index >= 15 is 0 Å². The average Bonchev–Trinajstić information content (AvgIpc) is 2.81. The Morgan fingerprint density at radius 1 is 1.42 bits per heavy atom. The summed E-state index contributed by atoms with van der Waals surface area (Å²) in [7, 11) is 5.81. The Hall–Kier alpha value is -1.01. The maximum absolute atomic E-state index is 5.46. The lowest BCUT2D eigenvalue weighted by Crippen LogP contribution is -2.59. The molecule has 19 heavy (non-hydrogen) atoms. The minimum atomic E-state index is 0.393. The van der Waals surface area contributed by atoms with Crippen molar-refractivity contribution in [1.29, 1.82) is 0 Å². The normalized spacial score (nSPS) is 24.6. The summed E-state index contributed by atoms with van der Waals surface area (Å²) in [6, 6.07) is 2.06. The third-order valence-corrected chi connectivity index (χ3v) is 5.46. The van der Waals surface area contributed by atoms with Crippen LogP contribution < -0.4 is 9.80 Å². The number of thioether (sulfide) groups is 1. The zero-order chi connectivity index (χ0) is 13.5. The molecule has 1 unspecified atom stereocenters. The highest BCUT2D eigenvalue weighted by Gasteiger charge is 2.49. The van der Waals surface area contributed by atoms with Crippen molar-refractivity contribution in [3.05, 3.63) is 12.4 Å². The predicted octanol–water partition coefficient (Wildman–Crippen LogP) is 1.25. The molecule has 6 heteroatoms. The maximum Gasteiger partial charge on any atom is 0.134 e. The van der Waals surface area contributed by atoms with Gasteiger partial charge in [0.05, 0.1) is 10.9 Å². The largest absolute Gasteiger partial charge is 0.381 e. The number of rotatable bonds is 3. The van der Waals surface area contributed by atoms with E-state index in [1.807, 2.05) is 26.1 Å². The van der Waals surface area contributed by atoms with Crippen LogP contribution in [0.25, 0.3) is 0 Å². The molecule has 0 aromatic carbocycles. The predicted molar refractivity (Wildman–Crippen MR) is 79.2 cm³/mol. The Morgan fingerprint density at radius 2 is 2.21 bits per heavy atom. The van der Waals surface area contributed by atoms with Crippen molar-refractivity contribution >= 4 is 23.4 Å². The summed E-state index contributed by atoms with van der Waals surface area (Å²) in [5, 5.41) is 0. The number of aromatic nitrogens is 2. The third-order valence-electron chi connectivity index (χ3n) is 3.89. The Bertz CT molecular complexity index is 462. The Morgan fingerprint density at radius 3 is 2.84 bits per heavy atom. The fraction of sp³-hybridized carbons (Fsp3) is 0.692. The summed E-state index contributed by atoms with van der Waals surface area (Å²) >= 11 is 2.05. The summed E-state index contributed by atoms with van der Waals surface area (Å²) in [6.45, 7) is 2.14. The molecule has 0 radical (unpaired) electrons. The molecule has 3 heterocycles. The second-order valence-corrected chi connectivity index (χ2v) is 7.03. The van der Waals surface area contributed by atoms with Gasteiger partial charge in [0.2, 0.25) is 0 Å². The van der Waals surface area contributed by atoms with Crippen LogP contribution in [0.1, 0.15) is 6.42 Å². The number of methoxy groups -OCH3 is 1. The minimum absolute atomic E-state index is 0.393. The van der Waals surface area contributed by atoms with Crippen molar-refractivity contribution in [2.45, 2.75) is 17.3 Å². The van der Waals surface area contributed by atoms with Gasteiger partial charge in [-0.3, -0.25) is 0 Å². The number of hydrogen-bond acceptors (Lipinski definition) is 6. The molecule has 5 nitrogen and oxygen atoms in total. The van der Waals surface area contributed by atoms with Crippen LogP contribution in [-0.2, 0) is 4.74 Å². The Labute approximate surface area is 118 Å². The number of hydrogen-bond donors (Lipinski definition) is 0. The van der Waals surface area contributed by atoms with E-state index in [4.69, 9.17) is 4.74 Å². The van der Waals surface area contributed by atoms with E-state index in [1.165, 1.54) is 0 Å². The number of nitrogens with zero attached hydrogens (tertiary/aromatic N) is 4. The molecular formula is C13H20N4OS. The molecule has 0 bridgehead atoms. The zero-order valence-electron chi connectivity index (χ0n) is 11.7. The van der Waals surface area contributed by atoms with Gasteiger partial charge >= 0.3 is 0 Å². The molecule has 0 aliphatic carbocycles. The summed E-state index contributed by atoms with van der Waals surface area (Å²) in [4.78, 5) is 13.0. The minimum Gasteiger partial charge on any atom is -0.381 e. The lowest BCUT2D eigenvalue weighted by molar-refractivity contribution is 0.109. The molecule has 2 saturated heterocycles. The van der Waals surface area contributed by atoms with Crippen LogP contribution in [0.4, 0.5) is 11.6 Å². The molecule has 1 spiro atoms. The molecule has 1 aromatic heterocycles. The van der Waals surface area contributed by atoms with Gasteiger partial charge in [0.15, 0.2) is 0 Å². The van der Waals surface area contributed by atoms with Gasteiger partial charge in [-0.2, -0.15) is 0 Å². The Kier molecular flexibility index (Phi) is 3.30. The van der Waals surface area contributed by atoms with E-state index in [9.17, 15) is 0 Å². The fourth-order valence-corrected chi connectivity index (χ4v) is 4.33. The van der Waals surface area contributed by atoms with Crippen LogP contribution in [0.5, 0.6) is 0 Å². The summed E-state index contributed by atoms with van der Waals surface area (Å²) in [5.74, 6) is 3.11. The summed E-state index contributed by atoms with van der Waals surface area (Å²) in [5.41, 5.74) is 0. The molecule has 2 aliphatic heterocycles. The number of anilines is 2. The second-order valence-electron chi connectivity index (χ2n) is 5.54. The van der Waals surface area contributed by atoms with Gasteiger partial charge in [-0.25, -0.2) is 9.97 Å². The molecular weight excluding hydrogens is 260 g/mol. The molecule has 0 amide bonds. The highest BCUT2D eigenvalue weighted by Crippen LogP contribution is 2.46. The molecule has 3 rings (SSSR count). The average molecular weight is 280 g/mol. The SMILES string of the molecule is COC1CSC2(C1)CN(c1cc(N(C)C)ncn1)C2. The van der Waals surface area contributed by atoms with Crippen LogP contribution in [0, 0.1) is 0 Å². The van der Waals surface area contributed by atoms with E-state index in [1.54, 1.807) is 6.33 Å². The van der Waals surface area contributed by atoms with Gasteiger partial charge in [-0.05, 0) is 6.42 Å². The van der Waals surface area contributed by atoms with Crippen LogP contribution in [0.15, 0.2) is 12.4 Å². The molecule has 1 atom stereocenters. The van der Waals surface area contributed by atoms with E-state index in [0.717, 1.165) is 36.9 Å². The van der Waals surface area contributed by atoms with Gasteiger partial charge in [0.1, 0.15) is 18.0 Å². The van der Waals surface area contributed by atoms with Crippen molar-refractivity contribution in [3.63, 3.8) is 0 Å². The Balaban J connectivity index is 1.66. The van der Waals surface area contributed by atoms with E-state index in [-0.39, 0.29) is 0 Å². The monoisotopic (exact) mass is 280 g/mol. The molecule has 1 aromatic rings. The second kappa shape index (κ2) is 4.83. The van der Waals surface area contributed by atoms with Gasteiger partial charge in [-0.1, -0.05) is 0 Å². The molecule has 104 valence electrons. The van der Waals surface area contributed by atoms with E-state index in [0.29, 0.717) is 10.9 Å². The lowest BCUT2D eigenvalue weighted by atomic mass is 9.93. The first-order chi connectivity index (χ1) is 9.12. The van der Waals surface area contributed by atoms with E-state index in [2.05, 4.69) is 32.7 Å². The number of ether oxygens (including phenoxy) is 1. The van der Waals surface area contributed by atoms with E-state index < -0.39 is 0 Å². The van der Waals surface area contributed by atoms with Gasteiger partial charge in [-0.15, -0.1) is 11.8 Å². The van der Waals surface area contributed by atoms with Gasteiger partial charge in [0.25, 0.3) is 0 Å². The van der Waals surface area contributed by atoms with Crippen LogP contribution in [-0.4, -0.2) is 60.9 Å². The van der Waals surface area contributed by atoms with Crippen molar-refractivity contribution in [3.8, 4) is 0 Å². The molecule has 0 saturated carbocycles. The summed E-state index contributed by atoms with van der Waals surface area (Å²) in [6.07, 6.45) is 3.24. The van der Waals surface area contributed by atoms with Crippen LogP contribution in [0.2, 0.25) is 0 Å². The van der Waals surface area contributed by atoms with Gasteiger partial charge < -0.3 is 14.5 Å². The highest BCUT2D eigenvalue weighted by atomic mass is 32.2. The first-order valence-corrected chi connectivity index (χ1v) is 7.51. The summed E-state index contributed by atoms with van der Waals surface area (Å²) < 4.78 is 5.85. The van der Waals surface area contributed by atoms with Crippen molar-refractivity contribution in [1.82, 2.24) is 9.97 Å². The first-order valence-electron chi connectivity index (χ1n) is 6.53. The fourth-order valence-electron chi connectivity index (χ4n) is 2.74. The van der Waals surface area contributed by atoms with Crippen LogP contribution >= 0.6 is 11.8 Å². The zero-order valence-corrected chi connectivity index (χ0v) is 12.5. The maximum atomic E-state index is 5.46. The van der Waals surface area contributed by atoms with Gasteiger partial charge in [0, 0.05) is 46.1 Å². The third kappa shape index (κ3) is 2.39. The highest BCUT2D eigenvalue weighted by molar-refractivity contribution is 8.01. The first kappa shape index (κ1) is 13.0. The lowest BCUT2D eigenvalue weighted by Gasteiger charge is -2.48. The van der Waals surface area contributed by atoms with Crippen molar-refractivity contribution < 1.29 is 4.74 Å². The molecule has 0 N–H and O–H groups in total.